The third-order valence-corrected chi connectivity index (χ3v) is 2.91. The van der Waals surface area contributed by atoms with Crippen molar-refractivity contribution >= 4 is 29.9 Å². The van der Waals surface area contributed by atoms with Gasteiger partial charge in [0.1, 0.15) is 0 Å². The van der Waals surface area contributed by atoms with Gasteiger partial charge in [-0.2, -0.15) is 0 Å². The van der Waals surface area contributed by atoms with Crippen molar-refractivity contribution in [1.29, 1.82) is 0 Å². The van der Waals surface area contributed by atoms with Crippen LogP contribution in [0.25, 0.3) is 0 Å². The summed E-state index contributed by atoms with van der Waals surface area (Å²) in [5.74, 6) is 4.43. The Kier molecular flexibility index (Phi) is 6.53. The first-order valence-electron chi connectivity index (χ1n) is 1.62. The maximum absolute atomic E-state index is 2.27. The standard InChI is InChI=1S/C4H8Se2/c1-5-3-4-6-2/h3-4H,1-2H3/b4-3-. The van der Waals surface area contributed by atoms with Crippen LogP contribution in [0.4, 0.5) is 0 Å². The van der Waals surface area contributed by atoms with Crippen LogP contribution in [0.5, 0.6) is 0 Å². The number of rotatable bonds is 2. The van der Waals surface area contributed by atoms with Gasteiger partial charge in [-0.1, -0.05) is 0 Å². The van der Waals surface area contributed by atoms with Crippen molar-refractivity contribution in [2.75, 3.05) is 0 Å². The second kappa shape index (κ2) is 5.78. The van der Waals surface area contributed by atoms with Crippen LogP contribution in [0, 0.1) is 0 Å². The van der Waals surface area contributed by atoms with Crippen LogP contribution in [-0.4, -0.2) is 29.9 Å². The van der Waals surface area contributed by atoms with Crippen molar-refractivity contribution in [3.8, 4) is 0 Å². The molecule has 0 N–H and O–H groups in total. The molecule has 0 amide bonds. The van der Waals surface area contributed by atoms with Crippen LogP contribution in [-0.2, 0) is 0 Å². The Labute approximate surface area is 51.7 Å². The van der Waals surface area contributed by atoms with E-state index in [4.69, 9.17) is 0 Å². The van der Waals surface area contributed by atoms with E-state index in [1.54, 1.807) is 0 Å². The molecule has 0 fully saturated rings. The Balaban J connectivity index is 2.73. The molecule has 2 heteroatoms. The Bertz CT molecular complexity index is 34.8. The third kappa shape index (κ3) is 4.78. The zero-order valence-corrected chi connectivity index (χ0v) is 7.40. The fourth-order valence-electron chi connectivity index (χ4n) is 0.111. The molecule has 0 heterocycles. The predicted octanol–water partition coefficient (Wildman–Crippen LogP) is 0.962. The first kappa shape index (κ1) is 6.78. The van der Waals surface area contributed by atoms with E-state index in [9.17, 15) is 0 Å². The van der Waals surface area contributed by atoms with Gasteiger partial charge in [0.15, 0.2) is 0 Å². The van der Waals surface area contributed by atoms with Crippen molar-refractivity contribution in [2.24, 2.45) is 0 Å². The van der Waals surface area contributed by atoms with E-state index in [1.807, 2.05) is 0 Å². The molecule has 0 aromatic rings. The normalized spacial score (nSPS) is 10.3. The van der Waals surface area contributed by atoms with E-state index < -0.39 is 0 Å². The number of hydrogen-bond donors (Lipinski definition) is 0. The van der Waals surface area contributed by atoms with Gasteiger partial charge in [0, 0.05) is 0 Å². The Morgan fingerprint density at radius 1 is 1.00 bits per heavy atom. The molecule has 0 aromatic heterocycles. The summed E-state index contributed by atoms with van der Waals surface area (Å²) in [5, 5.41) is 0. The predicted molar refractivity (Wildman–Crippen MR) is 32.4 cm³/mol. The van der Waals surface area contributed by atoms with Crippen molar-refractivity contribution in [3.05, 3.63) is 9.95 Å². The molecule has 0 bridgehead atoms. The fraction of sp³-hybridized carbons (Fsp3) is 0.500. The molecule has 0 radical (unpaired) electrons. The minimum atomic E-state index is 0.762. The molecular formula is C4H8Se2. The molecule has 0 saturated heterocycles. The summed E-state index contributed by atoms with van der Waals surface area (Å²) in [6, 6.07) is 0. The van der Waals surface area contributed by atoms with Gasteiger partial charge in [0.25, 0.3) is 0 Å². The van der Waals surface area contributed by atoms with Gasteiger partial charge in [0.2, 0.25) is 0 Å². The van der Waals surface area contributed by atoms with Crippen molar-refractivity contribution in [1.82, 2.24) is 0 Å². The van der Waals surface area contributed by atoms with Crippen molar-refractivity contribution in [3.63, 3.8) is 0 Å². The van der Waals surface area contributed by atoms with Crippen LogP contribution < -0.4 is 0 Å². The van der Waals surface area contributed by atoms with E-state index in [-0.39, 0.29) is 0 Å². The monoisotopic (exact) mass is 216 g/mol. The van der Waals surface area contributed by atoms with Crippen LogP contribution in [0.15, 0.2) is 9.95 Å². The molecule has 0 aromatic carbocycles. The Hall–Kier alpha value is 0.779. The molecule has 0 rings (SSSR count). The molecule has 0 atom stereocenters. The van der Waals surface area contributed by atoms with E-state index in [0.29, 0.717) is 0 Å². The van der Waals surface area contributed by atoms with Gasteiger partial charge in [-0.15, -0.1) is 0 Å². The quantitative estimate of drug-likeness (QED) is 0.600. The summed E-state index contributed by atoms with van der Waals surface area (Å²) in [4.78, 5) is 4.54. The second-order valence-electron chi connectivity index (χ2n) is 0.744. The fourth-order valence-corrected chi connectivity index (χ4v) is 3.00. The molecule has 0 unspecified atom stereocenters. The molecule has 0 nitrogen and oxygen atoms in total. The zero-order valence-electron chi connectivity index (χ0n) is 3.97. The molecule has 0 aliphatic carbocycles. The minimum absolute atomic E-state index is 0.762. The third-order valence-electron chi connectivity index (χ3n) is 0.328. The summed E-state index contributed by atoms with van der Waals surface area (Å²) < 4.78 is 0. The Morgan fingerprint density at radius 2 is 1.33 bits per heavy atom. The van der Waals surface area contributed by atoms with E-state index in [1.165, 1.54) is 0 Å². The zero-order chi connectivity index (χ0) is 4.83. The van der Waals surface area contributed by atoms with E-state index in [0.717, 1.165) is 29.9 Å². The summed E-state index contributed by atoms with van der Waals surface area (Å²) in [7, 11) is 0. The second-order valence-corrected chi connectivity index (χ2v) is 3.86. The number of hydrogen-bond acceptors (Lipinski definition) is 0. The average molecular weight is 214 g/mol. The summed E-state index contributed by atoms with van der Waals surface area (Å²) >= 11 is 1.52. The Morgan fingerprint density at radius 3 is 1.50 bits per heavy atom. The first-order valence-corrected chi connectivity index (χ1v) is 7.03. The topological polar surface area (TPSA) is 0 Å². The van der Waals surface area contributed by atoms with Gasteiger partial charge < -0.3 is 0 Å². The SMILES string of the molecule is C[Se]/C=C\[Se]C. The van der Waals surface area contributed by atoms with E-state index >= 15 is 0 Å². The molecule has 0 spiro atoms. The molecule has 0 aliphatic rings. The average Bonchev–Trinajstić information content (AvgIpc) is 1.61. The van der Waals surface area contributed by atoms with Gasteiger partial charge in [-0.25, -0.2) is 0 Å². The summed E-state index contributed by atoms with van der Waals surface area (Å²) in [6.07, 6.45) is 0. The molecule has 0 aliphatic heterocycles. The maximum atomic E-state index is 2.27. The van der Waals surface area contributed by atoms with Crippen LogP contribution in [0.1, 0.15) is 0 Å². The van der Waals surface area contributed by atoms with Gasteiger partial charge in [-0.05, 0) is 0 Å². The molecule has 0 saturated carbocycles. The summed E-state index contributed by atoms with van der Waals surface area (Å²) in [5.41, 5.74) is 0. The van der Waals surface area contributed by atoms with Crippen LogP contribution in [0.2, 0.25) is 11.6 Å². The summed E-state index contributed by atoms with van der Waals surface area (Å²) in [6.45, 7) is 0. The van der Waals surface area contributed by atoms with Gasteiger partial charge in [0.05, 0.1) is 0 Å². The van der Waals surface area contributed by atoms with Gasteiger partial charge >= 0.3 is 51.5 Å². The van der Waals surface area contributed by atoms with Crippen molar-refractivity contribution in [2.45, 2.75) is 11.6 Å². The van der Waals surface area contributed by atoms with E-state index in [2.05, 4.69) is 21.6 Å². The van der Waals surface area contributed by atoms with Crippen molar-refractivity contribution < 1.29 is 0 Å². The van der Waals surface area contributed by atoms with Crippen LogP contribution >= 0.6 is 0 Å². The van der Waals surface area contributed by atoms with Crippen LogP contribution in [0.3, 0.4) is 0 Å². The van der Waals surface area contributed by atoms with Gasteiger partial charge in [-0.3, -0.25) is 0 Å². The first-order chi connectivity index (χ1) is 2.91. The molecular weight excluding hydrogens is 206 g/mol. The molecule has 36 valence electrons. The molecule has 6 heavy (non-hydrogen) atoms.